The monoisotopic (exact) mass is 609 g/mol. The van der Waals surface area contributed by atoms with Crippen molar-refractivity contribution >= 4 is 40.6 Å². The minimum absolute atomic E-state index is 0.0940. The highest BCUT2D eigenvalue weighted by atomic mass is 16.3. The summed E-state index contributed by atoms with van der Waals surface area (Å²) in [5.41, 5.74) is 1.80. The fourth-order valence-electron chi connectivity index (χ4n) is 8.12. The van der Waals surface area contributed by atoms with Gasteiger partial charge in [-0.3, -0.25) is 28.9 Å². The van der Waals surface area contributed by atoms with Gasteiger partial charge >= 0.3 is 0 Å². The normalized spacial score (nSPS) is 30.3. The van der Waals surface area contributed by atoms with E-state index in [2.05, 4.69) is 5.32 Å². The van der Waals surface area contributed by atoms with E-state index in [0.717, 1.165) is 25.7 Å². The molecule has 4 aliphatic rings. The molecular weight excluding hydrogens is 570 g/mol. The van der Waals surface area contributed by atoms with Gasteiger partial charge in [0, 0.05) is 41.9 Å². The second-order valence-corrected chi connectivity index (χ2v) is 12.7. The maximum absolute atomic E-state index is 14.4. The van der Waals surface area contributed by atoms with Crippen molar-refractivity contribution in [1.29, 1.82) is 0 Å². The molecular formula is C32H39N3O9. The van der Waals surface area contributed by atoms with E-state index in [0.29, 0.717) is 11.3 Å². The highest BCUT2D eigenvalue weighted by molar-refractivity contribution is 6.24. The summed E-state index contributed by atoms with van der Waals surface area (Å²) in [5, 5.41) is 49.1. The zero-order valence-electron chi connectivity index (χ0n) is 25.2. The van der Waals surface area contributed by atoms with Gasteiger partial charge in [0.05, 0.1) is 11.6 Å². The van der Waals surface area contributed by atoms with Crippen LogP contribution >= 0.6 is 0 Å². The summed E-state index contributed by atoms with van der Waals surface area (Å²) in [6.07, 6.45) is 3.19. The molecule has 236 valence electrons. The number of benzene rings is 1. The molecule has 4 aliphatic carbocycles. The van der Waals surface area contributed by atoms with E-state index in [1.165, 1.54) is 31.1 Å². The summed E-state index contributed by atoms with van der Waals surface area (Å²) in [6.45, 7) is 3.37. The van der Waals surface area contributed by atoms with Gasteiger partial charge in [-0.1, -0.05) is 26.7 Å². The van der Waals surface area contributed by atoms with E-state index in [1.54, 1.807) is 13.8 Å². The number of ketones is 3. The topological polar surface area (TPSA) is 208 Å². The molecule has 12 heteroatoms. The van der Waals surface area contributed by atoms with Crippen LogP contribution in [0.15, 0.2) is 29.0 Å². The number of hydrogen-bond acceptors (Lipinski definition) is 10. The lowest BCUT2D eigenvalue weighted by atomic mass is 9.50. The number of primary amides is 1. The van der Waals surface area contributed by atoms with Crippen LogP contribution in [0.2, 0.25) is 0 Å². The summed E-state index contributed by atoms with van der Waals surface area (Å²) in [7, 11) is 3.01. The Bertz CT molecular complexity index is 1540. The molecule has 6 unspecified atom stereocenters. The molecule has 0 spiro atoms. The number of aliphatic hydroxyl groups excluding tert-OH is 2. The minimum atomic E-state index is -2.90. The Morgan fingerprint density at radius 1 is 1.09 bits per heavy atom. The Morgan fingerprint density at radius 2 is 1.73 bits per heavy atom. The third-order valence-corrected chi connectivity index (χ3v) is 10.1. The predicted molar refractivity (Wildman–Crippen MR) is 158 cm³/mol. The fourth-order valence-corrected chi connectivity index (χ4v) is 8.12. The van der Waals surface area contributed by atoms with Crippen LogP contribution in [0.1, 0.15) is 69.4 Å². The van der Waals surface area contributed by atoms with Crippen molar-refractivity contribution in [2.24, 2.45) is 29.4 Å². The zero-order chi connectivity index (χ0) is 32.4. The van der Waals surface area contributed by atoms with Crippen LogP contribution in [0, 0.1) is 23.7 Å². The average Bonchev–Trinajstić information content (AvgIpc) is 3.50. The van der Waals surface area contributed by atoms with Crippen molar-refractivity contribution in [3.05, 3.63) is 40.2 Å². The summed E-state index contributed by atoms with van der Waals surface area (Å²) in [5.74, 6) is -10.5. The lowest BCUT2D eigenvalue weighted by Gasteiger charge is -2.55. The molecule has 7 N–H and O–H groups in total. The SMILES string of the molecule is CCC(=O)CC1C2C(=C(O)c3c(O)ccc(NC(=O)C4CCCC4)c3C2C)C(=O)C2(O)C(O)=C(C(N)=O)C(=O)C(N(C)C)C12. The van der Waals surface area contributed by atoms with Gasteiger partial charge in [0.2, 0.25) is 11.7 Å². The van der Waals surface area contributed by atoms with Crippen LogP contribution in [-0.4, -0.2) is 80.2 Å². The number of phenols is 1. The number of carbonyl (C=O) groups is 5. The molecule has 0 radical (unpaired) electrons. The Balaban J connectivity index is 1.79. The van der Waals surface area contributed by atoms with Gasteiger partial charge in [0.15, 0.2) is 11.4 Å². The van der Waals surface area contributed by atoms with Crippen LogP contribution in [0.25, 0.3) is 5.76 Å². The highest BCUT2D eigenvalue weighted by Gasteiger charge is 2.68. The van der Waals surface area contributed by atoms with Gasteiger partial charge in [0.25, 0.3) is 5.91 Å². The first-order valence-corrected chi connectivity index (χ1v) is 15.0. The van der Waals surface area contributed by atoms with Crippen molar-refractivity contribution in [2.45, 2.75) is 69.9 Å². The number of amides is 2. The van der Waals surface area contributed by atoms with Crippen LogP contribution in [0.5, 0.6) is 5.75 Å². The molecule has 2 amide bonds. The fraction of sp³-hybridized carbons (Fsp3) is 0.531. The standard InChI is InChI=1S/C32H39N3O9/c1-5-15(36)12-16-19-13(2)20-17(34-31(43)14-8-6-7-9-14)10-11-18(37)21(20)26(38)22(19)28(40)32(44)24(16)25(35(3)4)27(39)23(29(32)41)30(33)42/h10-11,13-14,16,19,24-25,37-38,41,44H,5-9,12H2,1-4H3,(H2,33,42)(H,34,43). The molecule has 2 saturated carbocycles. The first-order chi connectivity index (χ1) is 20.7. The predicted octanol–water partition coefficient (Wildman–Crippen LogP) is 2.25. The molecule has 5 rings (SSSR count). The maximum atomic E-state index is 14.4. The molecule has 0 aromatic heterocycles. The first-order valence-electron chi connectivity index (χ1n) is 15.0. The van der Waals surface area contributed by atoms with Crippen molar-refractivity contribution in [2.75, 3.05) is 19.4 Å². The molecule has 44 heavy (non-hydrogen) atoms. The molecule has 0 bridgehead atoms. The molecule has 0 heterocycles. The number of hydrogen-bond donors (Lipinski definition) is 6. The third-order valence-electron chi connectivity index (χ3n) is 10.1. The number of fused-ring (bicyclic) bond motifs is 3. The minimum Gasteiger partial charge on any atom is -0.508 e. The van der Waals surface area contributed by atoms with Gasteiger partial charge in [-0.2, -0.15) is 0 Å². The smallest absolute Gasteiger partial charge is 0.255 e. The average molecular weight is 610 g/mol. The van der Waals surface area contributed by atoms with Gasteiger partial charge in [-0.05, 0) is 56.5 Å². The molecule has 0 aliphatic heterocycles. The van der Waals surface area contributed by atoms with E-state index in [4.69, 9.17) is 5.73 Å². The van der Waals surface area contributed by atoms with E-state index < -0.39 is 69.9 Å². The summed E-state index contributed by atoms with van der Waals surface area (Å²) in [4.78, 5) is 68.1. The van der Waals surface area contributed by atoms with E-state index in [1.807, 2.05) is 0 Å². The van der Waals surface area contributed by atoms with Gasteiger partial charge in [0.1, 0.15) is 28.6 Å². The summed E-state index contributed by atoms with van der Waals surface area (Å²) in [6, 6.07) is 1.45. The number of nitrogens with zero attached hydrogens (tertiary/aromatic N) is 1. The number of anilines is 1. The van der Waals surface area contributed by atoms with Crippen molar-refractivity contribution in [3.8, 4) is 5.75 Å². The molecule has 1 aromatic carbocycles. The van der Waals surface area contributed by atoms with E-state index in [-0.39, 0.29) is 47.3 Å². The van der Waals surface area contributed by atoms with E-state index >= 15 is 0 Å². The Hall–Kier alpha value is -4.03. The summed E-state index contributed by atoms with van der Waals surface area (Å²) >= 11 is 0. The lowest BCUT2D eigenvalue weighted by molar-refractivity contribution is -0.162. The van der Waals surface area contributed by atoms with E-state index in [9.17, 15) is 44.4 Å². The first kappa shape index (κ1) is 31.4. The van der Waals surface area contributed by atoms with Crippen molar-refractivity contribution in [3.63, 3.8) is 0 Å². The number of rotatable bonds is 7. The third kappa shape index (κ3) is 4.45. The quantitative estimate of drug-likeness (QED) is 0.196. The molecule has 6 atom stereocenters. The second-order valence-electron chi connectivity index (χ2n) is 12.7. The number of nitrogens with one attached hydrogen (secondary N) is 1. The maximum Gasteiger partial charge on any atom is 0.255 e. The zero-order valence-corrected chi connectivity index (χ0v) is 25.2. The molecule has 12 nitrogen and oxygen atoms in total. The summed E-state index contributed by atoms with van der Waals surface area (Å²) < 4.78 is 0. The number of nitrogens with two attached hydrogens (primary N) is 1. The number of likely N-dealkylation sites (N-methyl/N-ethyl adjacent to an activating group) is 1. The Morgan fingerprint density at radius 3 is 2.30 bits per heavy atom. The van der Waals surface area contributed by atoms with Crippen LogP contribution in [0.4, 0.5) is 5.69 Å². The largest absolute Gasteiger partial charge is 0.508 e. The van der Waals surface area contributed by atoms with Gasteiger partial charge < -0.3 is 31.5 Å². The van der Waals surface area contributed by atoms with Gasteiger partial charge in [-0.25, -0.2) is 0 Å². The molecule has 1 aromatic rings. The van der Waals surface area contributed by atoms with Crippen molar-refractivity contribution < 1.29 is 44.4 Å². The number of phenolic OH excluding ortho intramolecular Hbond substituents is 1. The lowest BCUT2D eigenvalue weighted by Crippen LogP contribution is -2.69. The molecule has 0 saturated heterocycles. The van der Waals surface area contributed by atoms with Crippen LogP contribution < -0.4 is 11.1 Å². The van der Waals surface area contributed by atoms with Gasteiger partial charge in [-0.15, -0.1) is 0 Å². The van der Waals surface area contributed by atoms with Crippen LogP contribution in [0.3, 0.4) is 0 Å². The number of aliphatic hydroxyl groups is 3. The highest BCUT2D eigenvalue weighted by Crippen LogP contribution is 2.60. The number of Topliss-reactive ketones (excluding diaryl/α,β-unsaturated/α-hetero) is 3. The number of aromatic hydroxyl groups is 1. The van der Waals surface area contributed by atoms with Crippen LogP contribution in [-0.2, 0) is 24.0 Å². The second kappa shape index (κ2) is 11.2. The molecule has 2 fully saturated rings. The van der Waals surface area contributed by atoms with Crippen molar-refractivity contribution in [1.82, 2.24) is 4.90 Å². The number of carbonyl (C=O) groups excluding carboxylic acids is 5. The Kier molecular flexibility index (Phi) is 7.96. The Labute approximate surface area is 254 Å².